The number of Topliss-reactive ketones (excluding diaryl/α,β-unsaturated/α-hetero) is 2. The summed E-state index contributed by atoms with van der Waals surface area (Å²) in [5.41, 5.74) is 1.02. The van der Waals surface area contributed by atoms with Gasteiger partial charge >= 0.3 is 0 Å². The second-order valence-electron chi connectivity index (χ2n) is 9.69. The van der Waals surface area contributed by atoms with Crippen LogP contribution in [0.4, 0.5) is 5.69 Å². The van der Waals surface area contributed by atoms with Crippen LogP contribution in [0.25, 0.3) is 0 Å². The van der Waals surface area contributed by atoms with Crippen LogP contribution >= 0.6 is 23.2 Å². The average Bonchev–Trinajstić information content (AvgIpc) is 3.65. The molecule has 196 valence electrons. The van der Waals surface area contributed by atoms with E-state index in [4.69, 9.17) is 27.9 Å². The van der Waals surface area contributed by atoms with E-state index in [1.807, 2.05) is 37.3 Å². The van der Waals surface area contributed by atoms with Crippen LogP contribution in [0.2, 0.25) is 10.0 Å². The summed E-state index contributed by atoms with van der Waals surface area (Å²) in [6, 6.07) is 12.3. The zero-order valence-corrected chi connectivity index (χ0v) is 22.6. The largest absolute Gasteiger partial charge is 0.351 e. The maximum absolute atomic E-state index is 13.8. The van der Waals surface area contributed by atoms with Crippen molar-refractivity contribution >= 4 is 52.3 Å². The Balaban J connectivity index is 1.71. The van der Waals surface area contributed by atoms with E-state index >= 15 is 0 Å². The molecule has 2 aromatic rings. The highest BCUT2D eigenvalue weighted by Crippen LogP contribution is 2.52. The van der Waals surface area contributed by atoms with Gasteiger partial charge in [0, 0.05) is 23.6 Å². The first kappa shape index (κ1) is 27.3. The average molecular weight is 545 g/mol. The number of benzene rings is 2. The summed E-state index contributed by atoms with van der Waals surface area (Å²) in [6.45, 7) is 5.66. The van der Waals surface area contributed by atoms with E-state index in [0.29, 0.717) is 29.8 Å². The van der Waals surface area contributed by atoms with E-state index in [-0.39, 0.29) is 23.9 Å². The zero-order chi connectivity index (χ0) is 26.9. The van der Waals surface area contributed by atoms with Crippen molar-refractivity contribution in [1.82, 2.24) is 4.90 Å². The Morgan fingerprint density at radius 2 is 1.78 bits per heavy atom. The topological polar surface area (TPSA) is 92.8 Å². The van der Waals surface area contributed by atoms with Crippen molar-refractivity contribution < 1.29 is 23.9 Å². The summed E-state index contributed by atoms with van der Waals surface area (Å²) in [6.07, 6.45) is 0.576. The van der Waals surface area contributed by atoms with Crippen LogP contribution in [-0.2, 0) is 30.5 Å². The summed E-state index contributed by atoms with van der Waals surface area (Å²) < 4.78 is 5.68. The Kier molecular flexibility index (Phi) is 8.07. The molecule has 1 N–H and O–H groups in total. The number of hydrogen-bond acceptors (Lipinski definition) is 5. The SMILES string of the molecule is CCOC1C(=O)C(C(C(=O)Nc2cc(C)c(Cl)cc2Cl)C(=O)C2(CC)CC2)C(=O)N1Cc1ccccc1. The molecule has 3 unspecified atom stereocenters. The van der Waals surface area contributed by atoms with Crippen LogP contribution in [-0.4, -0.2) is 41.1 Å². The summed E-state index contributed by atoms with van der Waals surface area (Å²) >= 11 is 12.4. The minimum Gasteiger partial charge on any atom is -0.351 e. The molecule has 9 heteroatoms. The number of hydrogen-bond donors (Lipinski definition) is 1. The van der Waals surface area contributed by atoms with E-state index in [2.05, 4.69) is 5.32 Å². The normalized spacial score (nSPS) is 21.2. The summed E-state index contributed by atoms with van der Waals surface area (Å²) in [5, 5.41) is 3.31. The van der Waals surface area contributed by atoms with Gasteiger partial charge in [-0.3, -0.25) is 19.2 Å². The van der Waals surface area contributed by atoms with Crippen LogP contribution in [0.3, 0.4) is 0 Å². The van der Waals surface area contributed by atoms with Crippen LogP contribution < -0.4 is 5.32 Å². The van der Waals surface area contributed by atoms with E-state index < -0.39 is 46.9 Å². The maximum atomic E-state index is 13.8. The summed E-state index contributed by atoms with van der Waals surface area (Å²) in [5.74, 6) is -5.29. The molecule has 2 aliphatic rings. The van der Waals surface area contributed by atoms with Crippen molar-refractivity contribution in [2.75, 3.05) is 11.9 Å². The Hall–Kier alpha value is -2.74. The fourth-order valence-electron chi connectivity index (χ4n) is 4.94. The molecule has 0 spiro atoms. The first-order chi connectivity index (χ1) is 17.6. The monoisotopic (exact) mass is 544 g/mol. The second-order valence-corrected chi connectivity index (χ2v) is 10.5. The Morgan fingerprint density at radius 1 is 1.11 bits per heavy atom. The molecule has 3 atom stereocenters. The minimum absolute atomic E-state index is 0.121. The molecule has 7 nitrogen and oxygen atoms in total. The molecule has 1 aliphatic carbocycles. The number of amides is 2. The van der Waals surface area contributed by atoms with E-state index in [1.165, 1.54) is 11.0 Å². The minimum atomic E-state index is -1.50. The van der Waals surface area contributed by atoms with Crippen molar-refractivity contribution in [2.45, 2.75) is 52.8 Å². The lowest BCUT2D eigenvalue weighted by molar-refractivity contribution is -0.146. The van der Waals surface area contributed by atoms with Gasteiger partial charge < -0.3 is 15.0 Å². The number of nitrogens with zero attached hydrogens (tertiary/aromatic N) is 1. The Bertz CT molecular complexity index is 1230. The molecule has 4 rings (SSSR count). The summed E-state index contributed by atoms with van der Waals surface area (Å²) in [4.78, 5) is 56.3. The molecule has 0 bridgehead atoms. The first-order valence-electron chi connectivity index (χ1n) is 12.4. The van der Waals surface area contributed by atoms with Crippen LogP contribution in [0.15, 0.2) is 42.5 Å². The number of anilines is 1. The molecule has 1 heterocycles. The van der Waals surface area contributed by atoms with Crippen molar-refractivity contribution in [3.63, 3.8) is 0 Å². The number of carbonyl (C=O) groups excluding carboxylic acids is 4. The zero-order valence-electron chi connectivity index (χ0n) is 21.1. The third-order valence-corrected chi connectivity index (χ3v) is 8.08. The Morgan fingerprint density at radius 3 is 2.38 bits per heavy atom. The standard InChI is InChI=1S/C28H30Cl2N2O5/c1-4-28(11-12-28)24(34)22(25(35)31-20-13-16(3)18(29)14-19(20)30)21-23(33)27(37-5-2)32(26(21)36)15-17-9-7-6-8-10-17/h6-10,13-14,21-22,27H,4-5,11-12,15H2,1-3H3,(H,31,35). The molecule has 1 aliphatic heterocycles. The van der Waals surface area contributed by atoms with Gasteiger partial charge in [0.15, 0.2) is 17.8 Å². The lowest BCUT2D eigenvalue weighted by Gasteiger charge is -2.25. The molecule has 2 aromatic carbocycles. The number of rotatable bonds is 10. The van der Waals surface area contributed by atoms with Gasteiger partial charge in [-0.05, 0) is 56.4 Å². The first-order valence-corrected chi connectivity index (χ1v) is 13.2. The van der Waals surface area contributed by atoms with Crippen LogP contribution in [0.5, 0.6) is 0 Å². The van der Waals surface area contributed by atoms with Gasteiger partial charge in [-0.25, -0.2) is 0 Å². The number of nitrogens with one attached hydrogen (secondary N) is 1. The fraction of sp³-hybridized carbons (Fsp3) is 0.429. The lowest BCUT2D eigenvalue weighted by atomic mass is 9.78. The number of halogens is 2. The van der Waals surface area contributed by atoms with Gasteiger partial charge in [0.05, 0.1) is 10.7 Å². The predicted molar refractivity (Wildman–Crippen MR) is 141 cm³/mol. The molecule has 0 radical (unpaired) electrons. The van der Waals surface area contributed by atoms with Gasteiger partial charge in [-0.1, -0.05) is 60.5 Å². The summed E-state index contributed by atoms with van der Waals surface area (Å²) in [7, 11) is 0. The van der Waals surface area contributed by atoms with Crippen LogP contribution in [0, 0.1) is 24.2 Å². The van der Waals surface area contributed by atoms with Gasteiger partial charge in [0.25, 0.3) is 0 Å². The van der Waals surface area contributed by atoms with Crippen molar-refractivity contribution in [3.8, 4) is 0 Å². The molecule has 0 aromatic heterocycles. The number of aryl methyl sites for hydroxylation is 1. The predicted octanol–water partition coefficient (Wildman–Crippen LogP) is 5.21. The smallest absolute Gasteiger partial charge is 0.237 e. The van der Waals surface area contributed by atoms with Gasteiger partial charge in [-0.2, -0.15) is 0 Å². The fourth-order valence-corrected chi connectivity index (χ4v) is 5.37. The Labute approximate surface area is 226 Å². The van der Waals surface area contributed by atoms with Crippen molar-refractivity contribution in [2.24, 2.45) is 17.3 Å². The molecule has 2 fully saturated rings. The van der Waals surface area contributed by atoms with E-state index in [9.17, 15) is 19.2 Å². The molecule has 1 saturated carbocycles. The molecule has 37 heavy (non-hydrogen) atoms. The molecule has 1 saturated heterocycles. The highest BCUT2D eigenvalue weighted by molar-refractivity contribution is 6.37. The number of carbonyl (C=O) groups is 4. The van der Waals surface area contributed by atoms with E-state index in [1.54, 1.807) is 19.9 Å². The van der Waals surface area contributed by atoms with Gasteiger partial charge in [0.2, 0.25) is 11.8 Å². The molecular weight excluding hydrogens is 515 g/mol. The van der Waals surface area contributed by atoms with Crippen molar-refractivity contribution in [3.05, 3.63) is 63.6 Å². The number of ether oxygens (including phenoxy) is 1. The third-order valence-electron chi connectivity index (χ3n) is 7.36. The second kappa shape index (κ2) is 10.9. The third kappa shape index (κ3) is 5.31. The van der Waals surface area contributed by atoms with E-state index in [0.717, 1.165) is 5.56 Å². The lowest BCUT2D eigenvalue weighted by Crippen LogP contribution is -2.44. The number of likely N-dealkylation sites (tertiary alicyclic amines) is 1. The van der Waals surface area contributed by atoms with Gasteiger partial charge in [-0.15, -0.1) is 0 Å². The molecule has 2 amide bonds. The molecular formula is C28H30Cl2N2O5. The van der Waals surface area contributed by atoms with Crippen LogP contribution in [0.1, 0.15) is 44.2 Å². The highest BCUT2D eigenvalue weighted by Gasteiger charge is 2.60. The quantitative estimate of drug-likeness (QED) is 0.414. The maximum Gasteiger partial charge on any atom is 0.237 e. The highest BCUT2D eigenvalue weighted by atomic mass is 35.5. The number of ketones is 2. The van der Waals surface area contributed by atoms with Gasteiger partial charge in [0.1, 0.15) is 11.8 Å². The van der Waals surface area contributed by atoms with Crippen molar-refractivity contribution in [1.29, 1.82) is 0 Å².